The molecule has 0 fully saturated rings. The van der Waals surface area contributed by atoms with Crippen LogP contribution < -0.4 is 10.1 Å². The second kappa shape index (κ2) is 6.72. The maximum Gasteiger partial charge on any atom is 0.173 e. The summed E-state index contributed by atoms with van der Waals surface area (Å²) in [5.41, 5.74) is 2.53. The Balaban J connectivity index is 2.15. The topological polar surface area (TPSA) is 61.8 Å². The lowest BCUT2D eigenvalue weighted by atomic mass is 9.84. The smallest absolute Gasteiger partial charge is 0.173 e. The molecular weight excluding hydrogens is 392 g/mol. The summed E-state index contributed by atoms with van der Waals surface area (Å²) >= 11 is 8.94. The van der Waals surface area contributed by atoms with E-state index in [0.29, 0.717) is 21.8 Å². The van der Waals surface area contributed by atoms with Gasteiger partial charge in [-0.25, -0.2) is 0 Å². The number of phenols is 1. The number of benzene rings is 1. The van der Waals surface area contributed by atoms with Crippen molar-refractivity contribution in [2.45, 2.75) is 32.2 Å². The standard InChI is InChI=1S/C17H19BrN2O3S/c1-3-20-10-5-4-6-11(21)13(10)15(19-17(20)24)9-7-8-12(23-2)16(22)14(9)18/h7-8,15,22H,3-6H2,1-2H3,(H,19,24). The molecule has 0 saturated heterocycles. The highest BCUT2D eigenvalue weighted by atomic mass is 79.9. The zero-order chi connectivity index (χ0) is 17.4. The Morgan fingerprint density at radius 1 is 1.46 bits per heavy atom. The minimum Gasteiger partial charge on any atom is -0.503 e. The van der Waals surface area contributed by atoms with Gasteiger partial charge in [0.25, 0.3) is 0 Å². The van der Waals surface area contributed by atoms with Gasteiger partial charge in [0.2, 0.25) is 0 Å². The van der Waals surface area contributed by atoms with Crippen LogP contribution in [0.1, 0.15) is 37.8 Å². The minimum absolute atomic E-state index is 0.0195. The first kappa shape index (κ1) is 17.2. The van der Waals surface area contributed by atoms with Gasteiger partial charge in [-0.05, 0) is 59.5 Å². The lowest BCUT2D eigenvalue weighted by molar-refractivity contribution is -0.116. The monoisotopic (exact) mass is 410 g/mol. The highest BCUT2D eigenvalue weighted by molar-refractivity contribution is 9.10. The van der Waals surface area contributed by atoms with E-state index in [4.69, 9.17) is 17.0 Å². The zero-order valence-electron chi connectivity index (χ0n) is 13.6. The molecule has 1 aromatic carbocycles. The number of hydrogen-bond acceptors (Lipinski definition) is 4. The van der Waals surface area contributed by atoms with Crippen LogP contribution in [0.25, 0.3) is 0 Å². The third kappa shape index (κ3) is 2.69. The Morgan fingerprint density at radius 3 is 2.88 bits per heavy atom. The second-order valence-corrected chi connectivity index (χ2v) is 6.96. The van der Waals surface area contributed by atoms with Crippen molar-refractivity contribution < 1.29 is 14.6 Å². The molecule has 0 saturated carbocycles. The van der Waals surface area contributed by atoms with E-state index in [1.54, 1.807) is 6.07 Å². The predicted octanol–water partition coefficient (Wildman–Crippen LogP) is 3.42. The molecule has 1 heterocycles. The van der Waals surface area contributed by atoms with Crippen LogP contribution in [0.2, 0.25) is 0 Å². The molecule has 1 aromatic rings. The van der Waals surface area contributed by atoms with Gasteiger partial charge in [-0.15, -0.1) is 0 Å². The summed E-state index contributed by atoms with van der Waals surface area (Å²) in [6.07, 6.45) is 2.23. The average Bonchev–Trinajstić information content (AvgIpc) is 2.57. The summed E-state index contributed by atoms with van der Waals surface area (Å²) in [7, 11) is 1.50. The van der Waals surface area contributed by atoms with Crippen molar-refractivity contribution in [3.63, 3.8) is 0 Å². The number of aromatic hydroxyl groups is 1. The van der Waals surface area contributed by atoms with Gasteiger partial charge in [0.05, 0.1) is 17.6 Å². The Morgan fingerprint density at radius 2 is 2.21 bits per heavy atom. The third-order valence-electron chi connectivity index (χ3n) is 4.51. The van der Waals surface area contributed by atoms with E-state index in [-0.39, 0.29) is 17.6 Å². The van der Waals surface area contributed by atoms with Gasteiger partial charge in [-0.3, -0.25) is 4.79 Å². The Hall–Kier alpha value is -1.60. The number of carbonyl (C=O) groups excluding carboxylic acids is 1. The molecule has 2 N–H and O–H groups in total. The predicted molar refractivity (Wildman–Crippen MR) is 99.1 cm³/mol. The van der Waals surface area contributed by atoms with E-state index in [1.165, 1.54) is 7.11 Å². The van der Waals surface area contributed by atoms with Gasteiger partial charge in [0.1, 0.15) is 0 Å². The number of phenolic OH excluding ortho intramolecular Hbond substituents is 1. The highest BCUT2D eigenvalue weighted by Gasteiger charge is 2.37. The van der Waals surface area contributed by atoms with Crippen molar-refractivity contribution in [1.82, 2.24) is 10.2 Å². The summed E-state index contributed by atoms with van der Waals surface area (Å²) < 4.78 is 5.65. The largest absolute Gasteiger partial charge is 0.503 e. The number of allylic oxidation sites excluding steroid dienone is 1. The molecule has 5 nitrogen and oxygen atoms in total. The number of nitrogens with one attached hydrogen (secondary N) is 1. The number of carbonyl (C=O) groups is 1. The van der Waals surface area contributed by atoms with Crippen LogP contribution in [0.15, 0.2) is 27.9 Å². The van der Waals surface area contributed by atoms with Crippen LogP contribution in [-0.2, 0) is 4.79 Å². The quantitative estimate of drug-likeness (QED) is 0.744. The maximum absolute atomic E-state index is 12.6. The molecule has 3 rings (SSSR count). The van der Waals surface area contributed by atoms with E-state index in [0.717, 1.165) is 36.2 Å². The van der Waals surface area contributed by atoms with E-state index < -0.39 is 0 Å². The molecule has 24 heavy (non-hydrogen) atoms. The van der Waals surface area contributed by atoms with Crippen molar-refractivity contribution in [3.8, 4) is 11.5 Å². The maximum atomic E-state index is 12.6. The Bertz CT molecular complexity index is 748. The third-order valence-corrected chi connectivity index (χ3v) is 5.68. The number of Topliss-reactive ketones (excluding diaryl/α,β-unsaturated/α-hetero) is 1. The van der Waals surface area contributed by atoms with Gasteiger partial charge < -0.3 is 20.1 Å². The van der Waals surface area contributed by atoms with Crippen LogP contribution in [0.5, 0.6) is 11.5 Å². The molecule has 7 heteroatoms. The molecule has 0 aromatic heterocycles. The van der Waals surface area contributed by atoms with E-state index >= 15 is 0 Å². The van der Waals surface area contributed by atoms with E-state index in [1.807, 2.05) is 17.9 Å². The number of ether oxygens (including phenoxy) is 1. The van der Waals surface area contributed by atoms with Crippen LogP contribution in [-0.4, -0.2) is 34.6 Å². The first-order valence-electron chi connectivity index (χ1n) is 7.89. The summed E-state index contributed by atoms with van der Waals surface area (Å²) in [4.78, 5) is 14.6. The van der Waals surface area contributed by atoms with Crippen LogP contribution in [0.3, 0.4) is 0 Å². The molecular formula is C17H19BrN2O3S. The number of ketones is 1. The number of nitrogens with zero attached hydrogens (tertiary/aromatic N) is 1. The fourth-order valence-corrected chi connectivity index (χ4v) is 4.28. The molecule has 1 aliphatic heterocycles. The van der Waals surface area contributed by atoms with Crippen molar-refractivity contribution in [3.05, 3.63) is 33.4 Å². The minimum atomic E-state index is -0.366. The van der Waals surface area contributed by atoms with Crippen molar-refractivity contribution >= 4 is 39.0 Å². The van der Waals surface area contributed by atoms with E-state index in [9.17, 15) is 9.90 Å². The van der Waals surface area contributed by atoms with Crippen molar-refractivity contribution in [1.29, 1.82) is 0 Å². The normalized spacial score (nSPS) is 20.8. The molecule has 1 unspecified atom stereocenters. The number of rotatable bonds is 3. The number of methoxy groups -OCH3 is 1. The number of hydrogen-bond donors (Lipinski definition) is 2. The molecule has 128 valence electrons. The summed E-state index contributed by atoms with van der Waals surface area (Å²) in [5, 5.41) is 14.2. The van der Waals surface area contributed by atoms with Gasteiger partial charge in [-0.1, -0.05) is 6.07 Å². The molecule has 2 aliphatic rings. The summed E-state index contributed by atoms with van der Waals surface area (Å²) in [6, 6.07) is 3.17. The van der Waals surface area contributed by atoms with Gasteiger partial charge in [-0.2, -0.15) is 0 Å². The fraction of sp³-hybridized carbons (Fsp3) is 0.412. The summed E-state index contributed by atoms with van der Waals surface area (Å²) in [6.45, 7) is 2.74. The first-order chi connectivity index (χ1) is 11.5. The summed E-state index contributed by atoms with van der Waals surface area (Å²) in [5.74, 6) is 0.534. The van der Waals surface area contributed by atoms with Crippen LogP contribution in [0.4, 0.5) is 0 Å². The zero-order valence-corrected chi connectivity index (χ0v) is 16.0. The molecule has 0 radical (unpaired) electrons. The van der Waals surface area contributed by atoms with Gasteiger partial charge in [0, 0.05) is 24.2 Å². The van der Waals surface area contributed by atoms with Gasteiger partial charge >= 0.3 is 0 Å². The van der Waals surface area contributed by atoms with Crippen molar-refractivity contribution in [2.24, 2.45) is 0 Å². The lowest BCUT2D eigenvalue weighted by Gasteiger charge is -2.40. The van der Waals surface area contributed by atoms with E-state index in [2.05, 4.69) is 21.2 Å². The number of thiocarbonyl (C=S) groups is 1. The number of halogens is 1. The van der Waals surface area contributed by atoms with Crippen LogP contribution in [0, 0.1) is 0 Å². The molecule has 1 atom stereocenters. The Kier molecular flexibility index (Phi) is 4.83. The Labute approximate surface area is 154 Å². The second-order valence-electron chi connectivity index (χ2n) is 5.78. The van der Waals surface area contributed by atoms with Crippen LogP contribution >= 0.6 is 28.1 Å². The molecule has 0 spiro atoms. The first-order valence-corrected chi connectivity index (χ1v) is 9.09. The van der Waals surface area contributed by atoms with Crippen molar-refractivity contribution in [2.75, 3.05) is 13.7 Å². The molecule has 0 bridgehead atoms. The SMILES string of the molecule is CCN1C(=S)NC(c2ccc(OC)c(O)c2Br)C2=C1CCCC2=O. The van der Waals surface area contributed by atoms with Gasteiger partial charge in [0.15, 0.2) is 22.4 Å². The average molecular weight is 411 g/mol. The lowest BCUT2D eigenvalue weighted by Crippen LogP contribution is -2.49. The highest BCUT2D eigenvalue weighted by Crippen LogP contribution is 2.44. The fourth-order valence-electron chi connectivity index (χ4n) is 3.37. The molecule has 1 aliphatic carbocycles. The molecule has 0 amide bonds.